The van der Waals surface area contributed by atoms with Gasteiger partial charge in [0.05, 0.1) is 5.69 Å². The number of rotatable bonds is 1. The van der Waals surface area contributed by atoms with Gasteiger partial charge in [0, 0.05) is 5.56 Å². The number of hydrogen-bond acceptors (Lipinski definition) is 2. The normalized spacial score (nSPS) is 10.1. The summed E-state index contributed by atoms with van der Waals surface area (Å²) in [6.45, 7) is 1.97. The molecule has 0 unspecified atom stereocenters. The van der Waals surface area contributed by atoms with E-state index >= 15 is 0 Å². The number of benzene rings is 1. The molecule has 1 aromatic heterocycles. The second kappa shape index (κ2) is 3.72. The van der Waals surface area contributed by atoms with E-state index in [0.29, 0.717) is 4.64 Å². The van der Waals surface area contributed by atoms with Crippen LogP contribution in [0.5, 0.6) is 0 Å². The molecule has 14 heavy (non-hydrogen) atoms. The van der Waals surface area contributed by atoms with Gasteiger partial charge in [0.2, 0.25) is 0 Å². The molecule has 3 heteroatoms. The summed E-state index contributed by atoms with van der Waals surface area (Å²) in [6.07, 6.45) is 0. The van der Waals surface area contributed by atoms with E-state index in [1.165, 1.54) is 0 Å². The lowest BCUT2D eigenvalue weighted by Gasteiger charge is -2.03. The maximum absolute atomic E-state index is 5.04. The number of H-pyrrole nitrogens is 1. The molecule has 0 spiro atoms. The smallest absolute Gasteiger partial charge is 0.120 e. The maximum atomic E-state index is 5.04. The summed E-state index contributed by atoms with van der Waals surface area (Å²) in [6, 6.07) is 12.1. The average molecular weight is 202 g/mol. The van der Waals surface area contributed by atoms with E-state index in [9.17, 15) is 0 Å². The Morgan fingerprint density at radius 1 is 1.21 bits per heavy atom. The standard InChI is InChI=1S/C11H10N2S/c1-8-10(7-11(14)13-12-8)9-5-3-2-4-6-9/h2-7H,1H3,(H,13,14). The number of aromatic amines is 1. The highest BCUT2D eigenvalue weighted by atomic mass is 32.1. The van der Waals surface area contributed by atoms with Gasteiger partial charge in [-0.1, -0.05) is 42.5 Å². The lowest BCUT2D eigenvalue weighted by Crippen LogP contribution is -1.90. The summed E-state index contributed by atoms with van der Waals surface area (Å²) in [7, 11) is 0. The van der Waals surface area contributed by atoms with Gasteiger partial charge in [0.15, 0.2) is 0 Å². The van der Waals surface area contributed by atoms with Crippen LogP contribution in [0.4, 0.5) is 0 Å². The third-order valence-electron chi connectivity index (χ3n) is 2.08. The summed E-state index contributed by atoms with van der Waals surface area (Å²) < 4.78 is 0.662. The van der Waals surface area contributed by atoms with E-state index in [1.807, 2.05) is 31.2 Å². The van der Waals surface area contributed by atoms with E-state index in [-0.39, 0.29) is 0 Å². The highest BCUT2D eigenvalue weighted by Crippen LogP contribution is 2.20. The Balaban J connectivity index is 2.62. The molecular formula is C11H10N2S. The molecule has 0 fully saturated rings. The summed E-state index contributed by atoms with van der Waals surface area (Å²) in [5.74, 6) is 0. The van der Waals surface area contributed by atoms with Gasteiger partial charge in [-0.15, -0.1) is 0 Å². The van der Waals surface area contributed by atoms with Crippen LogP contribution >= 0.6 is 12.2 Å². The highest BCUT2D eigenvalue weighted by Gasteiger charge is 2.01. The lowest BCUT2D eigenvalue weighted by atomic mass is 10.1. The van der Waals surface area contributed by atoms with Crippen LogP contribution in [-0.2, 0) is 0 Å². The molecule has 0 amide bonds. The number of aromatic nitrogens is 2. The van der Waals surface area contributed by atoms with Gasteiger partial charge in [-0.05, 0) is 18.6 Å². The van der Waals surface area contributed by atoms with Crippen LogP contribution in [0.15, 0.2) is 36.4 Å². The fourth-order valence-electron chi connectivity index (χ4n) is 1.38. The topological polar surface area (TPSA) is 28.7 Å². The largest absolute Gasteiger partial charge is 0.267 e. The molecule has 0 aliphatic heterocycles. The van der Waals surface area contributed by atoms with Gasteiger partial charge in [0.25, 0.3) is 0 Å². The van der Waals surface area contributed by atoms with Crippen molar-refractivity contribution >= 4 is 12.2 Å². The molecule has 0 radical (unpaired) electrons. The first-order valence-electron chi connectivity index (χ1n) is 4.39. The zero-order chi connectivity index (χ0) is 9.97. The molecule has 0 atom stereocenters. The number of nitrogens with one attached hydrogen (secondary N) is 1. The van der Waals surface area contributed by atoms with Crippen LogP contribution in [0, 0.1) is 11.6 Å². The summed E-state index contributed by atoms with van der Waals surface area (Å²) in [5, 5.41) is 6.90. The monoisotopic (exact) mass is 202 g/mol. The van der Waals surface area contributed by atoms with Crippen molar-refractivity contribution in [2.75, 3.05) is 0 Å². The minimum Gasteiger partial charge on any atom is -0.267 e. The third-order valence-corrected chi connectivity index (χ3v) is 2.29. The molecule has 2 nitrogen and oxygen atoms in total. The van der Waals surface area contributed by atoms with Crippen molar-refractivity contribution in [2.24, 2.45) is 0 Å². The van der Waals surface area contributed by atoms with E-state index in [2.05, 4.69) is 22.3 Å². The SMILES string of the molecule is Cc1n[nH]c(=S)cc1-c1ccccc1. The summed E-state index contributed by atoms with van der Waals surface area (Å²) >= 11 is 5.04. The first-order valence-corrected chi connectivity index (χ1v) is 4.80. The molecule has 0 saturated heterocycles. The van der Waals surface area contributed by atoms with Crippen LogP contribution in [0.3, 0.4) is 0 Å². The van der Waals surface area contributed by atoms with E-state index in [0.717, 1.165) is 16.8 Å². The second-order valence-electron chi connectivity index (χ2n) is 3.10. The predicted molar refractivity (Wildman–Crippen MR) is 59.6 cm³/mol. The van der Waals surface area contributed by atoms with Crippen LogP contribution < -0.4 is 0 Å². The van der Waals surface area contributed by atoms with Crippen molar-refractivity contribution in [3.63, 3.8) is 0 Å². The van der Waals surface area contributed by atoms with Crippen molar-refractivity contribution in [1.82, 2.24) is 10.2 Å². The van der Waals surface area contributed by atoms with Crippen molar-refractivity contribution in [1.29, 1.82) is 0 Å². The average Bonchev–Trinajstić information content (AvgIpc) is 2.23. The molecule has 0 bridgehead atoms. The molecular weight excluding hydrogens is 192 g/mol. The Kier molecular flexibility index (Phi) is 2.41. The zero-order valence-electron chi connectivity index (χ0n) is 7.82. The van der Waals surface area contributed by atoms with Crippen molar-refractivity contribution in [2.45, 2.75) is 6.92 Å². The van der Waals surface area contributed by atoms with E-state index in [1.54, 1.807) is 0 Å². The molecule has 2 rings (SSSR count). The molecule has 1 heterocycles. The van der Waals surface area contributed by atoms with Crippen LogP contribution in [0.2, 0.25) is 0 Å². The molecule has 1 aromatic carbocycles. The Labute approximate surface area is 87.6 Å². The first kappa shape index (κ1) is 9.09. The van der Waals surface area contributed by atoms with Crippen molar-refractivity contribution in [3.8, 4) is 11.1 Å². The van der Waals surface area contributed by atoms with Crippen LogP contribution in [-0.4, -0.2) is 10.2 Å². The molecule has 0 aliphatic rings. The predicted octanol–water partition coefficient (Wildman–Crippen LogP) is 3.11. The minimum atomic E-state index is 0.662. The van der Waals surface area contributed by atoms with E-state index in [4.69, 9.17) is 12.2 Å². The Bertz CT molecular complexity index is 488. The fourth-order valence-corrected chi connectivity index (χ4v) is 1.54. The molecule has 0 saturated carbocycles. The number of nitrogens with zero attached hydrogens (tertiary/aromatic N) is 1. The Morgan fingerprint density at radius 2 is 1.93 bits per heavy atom. The Hall–Kier alpha value is -1.48. The van der Waals surface area contributed by atoms with Gasteiger partial charge in [-0.3, -0.25) is 5.10 Å². The minimum absolute atomic E-state index is 0.662. The first-order chi connectivity index (χ1) is 6.77. The number of hydrogen-bond donors (Lipinski definition) is 1. The highest BCUT2D eigenvalue weighted by molar-refractivity contribution is 7.71. The Morgan fingerprint density at radius 3 is 2.64 bits per heavy atom. The molecule has 0 aliphatic carbocycles. The van der Waals surface area contributed by atoms with Crippen molar-refractivity contribution in [3.05, 3.63) is 46.7 Å². The molecule has 1 N–H and O–H groups in total. The van der Waals surface area contributed by atoms with Crippen LogP contribution in [0.25, 0.3) is 11.1 Å². The van der Waals surface area contributed by atoms with Crippen molar-refractivity contribution < 1.29 is 0 Å². The maximum Gasteiger partial charge on any atom is 0.120 e. The van der Waals surface area contributed by atoms with E-state index < -0.39 is 0 Å². The number of aryl methyl sites for hydroxylation is 1. The van der Waals surface area contributed by atoms with Gasteiger partial charge < -0.3 is 0 Å². The summed E-state index contributed by atoms with van der Waals surface area (Å²) in [5.41, 5.74) is 3.21. The zero-order valence-corrected chi connectivity index (χ0v) is 8.64. The quantitative estimate of drug-likeness (QED) is 0.720. The molecule has 70 valence electrons. The third kappa shape index (κ3) is 1.72. The van der Waals surface area contributed by atoms with Gasteiger partial charge in [-0.25, -0.2) is 0 Å². The van der Waals surface area contributed by atoms with Gasteiger partial charge >= 0.3 is 0 Å². The van der Waals surface area contributed by atoms with Gasteiger partial charge in [0.1, 0.15) is 4.64 Å². The lowest BCUT2D eigenvalue weighted by molar-refractivity contribution is 0.971. The summed E-state index contributed by atoms with van der Waals surface area (Å²) in [4.78, 5) is 0. The second-order valence-corrected chi connectivity index (χ2v) is 3.54. The van der Waals surface area contributed by atoms with Gasteiger partial charge in [-0.2, -0.15) is 5.10 Å². The van der Waals surface area contributed by atoms with Crippen LogP contribution in [0.1, 0.15) is 5.69 Å². The molecule has 2 aromatic rings. The fraction of sp³-hybridized carbons (Fsp3) is 0.0909.